The largest absolute Gasteiger partial charge is 0.364 e. The van der Waals surface area contributed by atoms with Gasteiger partial charge in [-0.25, -0.2) is 4.21 Å². The van der Waals surface area contributed by atoms with Crippen LogP contribution in [0, 0.1) is 0 Å². The Kier molecular flexibility index (Phi) is 4.19. The summed E-state index contributed by atoms with van der Waals surface area (Å²) in [6.45, 7) is 10.4. The second kappa shape index (κ2) is 5.87. The van der Waals surface area contributed by atoms with Crippen molar-refractivity contribution in [2.45, 2.75) is 33.2 Å². The van der Waals surface area contributed by atoms with E-state index in [1.54, 1.807) is 0 Å². The third-order valence-corrected chi connectivity index (χ3v) is 6.28. The van der Waals surface area contributed by atoms with Gasteiger partial charge in [0.15, 0.2) is 4.32 Å². The zero-order valence-corrected chi connectivity index (χ0v) is 15.6. The molecule has 5 heteroatoms. The molecule has 0 saturated carbocycles. The number of nitrogens with one attached hydrogen (secondary N) is 1. The van der Waals surface area contributed by atoms with E-state index in [4.69, 9.17) is 12.2 Å². The average Bonchev–Trinajstić information content (AvgIpc) is 2.79. The Morgan fingerprint density at radius 2 is 2.17 bits per heavy atom. The molecule has 122 valence electrons. The van der Waals surface area contributed by atoms with Crippen molar-refractivity contribution in [3.63, 3.8) is 0 Å². The lowest BCUT2D eigenvalue weighted by molar-refractivity contribution is 0.566. The van der Waals surface area contributed by atoms with Gasteiger partial charge in [-0.2, -0.15) is 0 Å². The summed E-state index contributed by atoms with van der Waals surface area (Å²) in [4.78, 5) is 3.26. The van der Waals surface area contributed by atoms with Crippen LogP contribution in [0.5, 0.6) is 0 Å². The molecule has 1 fully saturated rings. The zero-order chi connectivity index (χ0) is 16.8. The molecule has 0 radical (unpaired) electrons. The minimum absolute atomic E-state index is 0.0227. The highest BCUT2D eigenvalue weighted by Crippen LogP contribution is 2.39. The van der Waals surface area contributed by atoms with Crippen molar-refractivity contribution in [2.75, 3.05) is 18.0 Å². The first-order valence-corrected chi connectivity index (χ1v) is 9.41. The second-order valence-electron chi connectivity index (χ2n) is 6.52. The highest BCUT2D eigenvalue weighted by Gasteiger charge is 2.30. The molecule has 0 aliphatic carbocycles. The molecule has 0 spiro atoms. The standard InChI is InChI=1S/C18H22N2OS2/c1-5-20-16-7-6-13(8-14-11-19-17(22)23(14)21)9-15(16)12(2)10-18(20,3)4/h6-10H,5,11H2,1-4H3,(H,19,22)/b14-8-. The van der Waals surface area contributed by atoms with Crippen molar-refractivity contribution in [1.82, 2.24) is 5.32 Å². The number of rotatable bonds is 2. The normalized spacial score (nSPS) is 24.4. The van der Waals surface area contributed by atoms with E-state index in [1.165, 1.54) is 16.8 Å². The maximum atomic E-state index is 12.1. The van der Waals surface area contributed by atoms with Gasteiger partial charge in [0.25, 0.3) is 0 Å². The summed E-state index contributed by atoms with van der Waals surface area (Å²) in [6, 6.07) is 6.46. The van der Waals surface area contributed by atoms with Crippen LogP contribution in [-0.4, -0.2) is 27.2 Å². The molecule has 1 atom stereocenters. The highest BCUT2D eigenvalue weighted by atomic mass is 32.2. The van der Waals surface area contributed by atoms with Crippen LogP contribution in [0.4, 0.5) is 5.69 Å². The van der Waals surface area contributed by atoms with E-state index in [-0.39, 0.29) is 5.54 Å². The van der Waals surface area contributed by atoms with Crippen molar-refractivity contribution < 1.29 is 4.21 Å². The van der Waals surface area contributed by atoms with Gasteiger partial charge < -0.3 is 10.2 Å². The van der Waals surface area contributed by atoms with Gasteiger partial charge in [0.1, 0.15) is 10.8 Å². The van der Waals surface area contributed by atoms with E-state index >= 15 is 0 Å². The monoisotopic (exact) mass is 346 g/mol. The van der Waals surface area contributed by atoms with Crippen LogP contribution >= 0.6 is 12.2 Å². The van der Waals surface area contributed by atoms with Gasteiger partial charge in [-0.15, -0.1) is 0 Å². The van der Waals surface area contributed by atoms with Crippen LogP contribution in [0.3, 0.4) is 0 Å². The van der Waals surface area contributed by atoms with Crippen molar-refractivity contribution in [3.8, 4) is 0 Å². The van der Waals surface area contributed by atoms with E-state index in [0.29, 0.717) is 10.9 Å². The average molecular weight is 347 g/mol. The Morgan fingerprint density at radius 1 is 1.43 bits per heavy atom. The molecule has 0 aromatic heterocycles. The summed E-state index contributed by atoms with van der Waals surface area (Å²) in [6.07, 6.45) is 4.31. The fraction of sp³-hybridized carbons (Fsp3) is 0.389. The number of benzene rings is 1. The van der Waals surface area contributed by atoms with E-state index in [2.05, 4.69) is 62.2 Å². The van der Waals surface area contributed by atoms with E-state index in [9.17, 15) is 4.21 Å². The minimum Gasteiger partial charge on any atom is -0.364 e. The SMILES string of the molecule is CCN1c2ccc(/C=C3/CNC(=S)S3=O)cc2C(C)=CC1(C)C. The predicted octanol–water partition coefficient (Wildman–Crippen LogP) is 3.69. The number of hydrogen-bond donors (Lipinski definition) is 1. The van der Waals surface area contributed by atoms with Crippen LogP contribution in [0.2, 0.25) is 0 Å². The topological polar surface area (TPSA) is 32.3 Å². The molecule has 1 aromatic rings. The molecule has 3 rings (SSSR count). The molecule has 2 heterocycles. The number of nitrogens with zero attached hydrogens (tertiary/aromatic N) is 1. The van der Waals surface area contributed by atoms with E-state index < -0.39 is 10.8 Å². The summed E-state index contributed by atoms with van der Waals surface area (Å²) in [5, 5.41) is 2.98. The smallest absolute Gasteiger partial charge is 0.169 e. The molecule has 23 heavy (non-hydrogen) atoms. The summed E-state index contributed by atoms with van der Waals surface area (Å²) in [5.41, 5.74) is 4.90. The first kappa shape index (κ1) is 16.4. The predicted molar refractivity (Wildman–Crippen MR) is 104 cm³/mol. The first-order chi connectivity index (χ1) is 10.8. The Balaban J connectivity index is 2.04. The van der Waals surface area contributed by atoms with Gasteiger partial charge in [0.2, 0.25) is 0 Å². The van der Waals surface area contributed by atoms with Crippen LogP contribution in [0.1, 0.15) is 38.8 Å². The first-order valence-electron chi connectivity index (χ1n) is 7.85. The molecular weight excluding hydrogens is 324 g/mol. The van der Waals surface area contributed by atoms with Crippen molar-refractivity contribution in [2.24, 2.45) is 0 Å². The van der Waals surface area contributed by atoms with Gasteiger partial charge in [0.05, 0.1) is 12.1 Å². The molecular formula is C18H22N2OS2. The quantitative estimate of drug-likeness (QED) is 0.828. The van der Waals surface area contributed by atoms with Crippen LogP contribution < -0.4 is 10.2 Å². The highest BCUT2D eigenvalue weighted by molar-refractivity contribution is 8.15. The van der Waals surface area contributed by atoms with Crippen molar-refractivity contribution in [3.05, 3.63) is 40.3 Å². The lowest BCUT2D eigenvalue weighted by Gasteiger charge is -2.42. The molecule has 1 aromatic carbocycles. The molecule has 3 nitrogen and oxygen atoms in total. The van der Waals surface area contributed by atoms with Gasteiger partial charge in [-0.05, 0) is 69.3 Å². The molecule has 1 N–H and O–H groups in total. The van der Waals surface area contributed by atoms with Crippen LogP contribution in [-0.2, 0) is 10.8 Å². The van der Waals surface area contributed by atoms with Crippen LogP contribution in [0.15, 0.2) is 29.2 Å². The van der Waals surface area contributed by atoms with Gasteiger partial charge in [-0.3, -0.25) is 0 Å². The van der Waals surface area contributed by atoms with Crippen LogP contribution in [0.25, 0.3) is 11.6 Å². The van der Waals surface area contributed by atoms with Crippen molar-refractivity contribution >= 4 is 44.7 Å². The third-order valence-electron chi connectivity index (χ3n) is 4.46. The van der Waals surface area contributed by atoms with E-state index in [1.807, 2.05) is 6.08 Å². The zero-order valence-electron chi connectivity index (χ0n) is 14.0. The number of anilines is 1. The molecule has 2 aliphatic heterocycles. The fourth-order valence-electron chi connectivity index (χ4n) is 3.47. The molecule has 0 bridgehead atoms. The minimum atomic E-state index is -1.18. The lowest BCUT2D eigenvalue weighted by Crippen LogP contribution is -2.44. The Hall–Kier alpha value is -1.46. The Labute approximate surface area is 145 Å². The number of allylic oxidation sites excluding steroid dienone is 1. The molecule has 1 saturated heterocycles. The lowest BCUT2D eigenvalue weighted by atomic mass is 9.88. The molecule has 1 unspecified atom stereocenters. The number of fused-ring (bicyclic) bond motifs is 1. The second-order valence-corrected chi connectivity index (χ2v) is 8.66. The van der Waals surface area contributed by atoms with Gasteiger partial charge in [-0.1, -0.05) is 12.1 Å². The van der Waals surface area contributed by atoms with E-state index in [0.717, 1.165) is 17.0 Å². The Morgan fingerprint density at radius 3 is 2.78 bits per heavy atom. The maximum Gasteiger partial charge on any atom is 0.169 e. The van der Waals surface area contributed by atoms with Crippen molar-refractivity contribution in [1.29, 1.82) is 0 Å². The Bertz CT molecular complexity index is 762. The molecule has 0 amide bonds. The summed E-state index contributed by atoms with van der Waals surface area (Å²) in [7, 11) is -1.18. The maximum absolute atomic E-state index is 12.1. The van der Waals surface area contributed by atoms with Gasteiger partial charge >= 0.3 is 0 Å². The van der Waals surface area contributed by atoms with Gasteiger partial charge in [0, 0.05) is 22.7 Å². The summed E-state index contributed by atoms with van der Waals surface area (Å²) >= 11 is 5.04. The summed E-state index contributed by atoms with van der Waals surface area (Å²) < 4.78 is 12.5. The fourth-order valence-corrected chi connectivity index (χ4v) is 4.75. The number of thiocarbonyl (C=S) groups is 1. The molecule has 2 aliphatic rings. The third kappa shape index (κ3) is 2.88. The summed E-state index contributed by atoms with van der Waals surface area (Å²) in [5.74, 6) is 0. The number of hydrogen-bond acceptors (Lipinski definition) is 3. The number of likely N-dealkylation sites (N-methyl/N-ethyl adjacent to an activating group) is 1.